The van der Waals surface area contributed by atoms with Gasteiger partial charge in [-0.25, -0.2) is 8.78 Å². The highest BCUT2D eigenvalue weighted by atomic mass is 19.1. The van der Waals surface area contributed by atoms with E-state index in [1.807, 2.05) is 6.92 Å². The molecule has 1 aliphatic carbocycles. The predicted molar refractivity (Wildman–Crippen MR) is 77.2 cm³/mol. The first-order valence-corrected chi connectivity index (χ1v) is 7.74. The molecule has 1 aromatic carbocycles. The molecule has 0 radical (unpaired) electrons. The first-order valence-electron chi connectivity index (χ1n) is 7.74. The van der Waals surface area contributed by atoms with Gasteiger partial charge in [-0.05, 0) is 38.0 Å². The third kappa shape index (κ3) is 2.31. The van der Waals surface area contributed by atoms with Gasteiger partial charge in [0.2, 0.25) is 0 Å². The van der Waals surface area contributed by atoms with Crippen LogP contribution in [0.1, 0.15) is 48.9 Å². The summed E-state index contributed by atoms with van der Waals surface area (Å²) in [5, 5.41) is 8.60. The van der Waals surface area contributed by atoms with Gasteiger partial charge in [-0.15, -0.1) is 10.2 Å². The fourth-order valence-corrected chi connectivity index (χ4v) is 3.20. The molecule has 4 nitrogen and oxygen atoms in total. The summed E-state index contributed by atoms with van der Waals surface area (Å²) >= 11 is 0. The molecule has 0 saturated heterocycles. The van der Waals surface area contributed by atoms with Crippen LogP contribution in [0.5, 0.6) is 0 Å². The molecule has 1 unspecified atom stereocenters. The summed E-state index contributed by atoms with van der Waals surface area (Å²) in [6, 6.07) is 3.44. The van der Waals surface area contributed by atoms with Crippen LogP contribution in [0.25, 0.3) is 0 Å². The molecule has 22 heavy (non-hydrogen) atoms. The molecule has 1 aromatic heterocycles. The third-order valence-corrected chi connectivity index (χ3v) is 4.71. The van der Waals surface area contributed by atoms with Gasteiger partial charge in [0.25, 0.3) is 0 Å². The fraction of sp³-hybridized carbons (Fsp3) is 0.500. The monoisotopic (exact) mass is 304 g/mol. The Labute approximate surface area is 127 Å². The molecular formula is C16H18F2N4. The number of hydrogen-bond donors (Lipinski definition) is 0. The molecule has 4 rings (SSSR count). The van der Waals surface area contributed by atoms with Crippen LogP contribution in [0, 0.1) is 11.6 Å². The highest BCUT2D eigenvalue weighted by Crippen LogP contribution is 2.40. The van der Waals surface area contributed by atoms with Crippen molar-refractivity contribution in [2.45, 2.75) is 44.8 Å². The van der Waals surface area contributed by atoms with E-state index in [2.05, 4.69) is 19.7 Å². The van der Waals surface area contributed by atoms with Crippen molar-refractivity contribution in [2.75, 3.05) is 6.54 Å². The van der Waals surface area contributed by atoms with Crippen LogP contribution < -0.4 is 0 Å². The fourth-order valence-electron chi connectivity index (χ4n) is 3.20. The van der Waals surface area contributed by atoms with E-state index >= 15 is 0 Å². The Morgan fingerprint density at radius 1 is 1.18 bits per heavy atom. The van der Waals surface area contributed by atoms with Gasteiger partial charge in [0.05, 0.1) is 6.54 Å². The third-order valence-electron chi connectivity index (χ3n) is 4.71. The van der Waals surface area contributed by atoms with Crippen LogP contribution >= 0.6 is 0 Å². The zero-order valence-corrected chi connectivity index (χ0v) is 12.5. The van der Waals surface area contributed by atoms with Crippen LogP contribution in [0.3, 0.4) is 0 Å². The predicted octanol–water partition coefficient (Wildman–Crippen LogP) is 3.01. The van der Waals surface area contributed by atoms with Crippen molar-refractivity contribution in [1.29, 1.82) is 0 Å². The van der Waals surface area contributed by atoms with Crippen molar-refractivity contribution in [1.82, 2.24) is 19.7 Å². The average molecular weight is 304 g/mol. The Balaban J connectivity index is 1.57. The maximum Gasteiger partial charge on any atom is 0.147 e. The van der Waals surface area contributed by atoms with Gasteiger partial charge in [-0.3, -0.25) is 4.90 Å². The molecule has 2 heterocycles. The minimum Gasteiger partial charge on any atom is -0.312 e. The van der Waals surface area contributed by atoms with Crippen molar-refractivity contribution < 1.29 is 8.78 Å². The molecule has 0 spiro atoms. The summed E-state index contributed by atoms with van der Waals surface area (Å²) in [5.41, 5.74) is 0.399. The van der Waals surface area contributed by atoms with Gasteiger partial charge in [-0.2, -0.15) is 0 Å². The average Bonchev–Trinajstić information content (AvgIpc) is 3.28. The molecule has 2 aliphatic rings. The van der Waals surface area contributed by atoms with E-state index in [9.17, 15) is 8.78 Å². The number of nitrogens with zero attached hydrogens (tertiary/aromatic N) is 4. The Bertz CT molecular complexity index is 708. The van der Waals surface area contributed by atoms with Crippen molar-refractivity contribution in [3.63, 3.8) is 0 Å². The normalized spacial score (nSPS) is 20.0. The summed E-state index contributed by atoms with van der Waals surface area (Å²) in [6.45, 7) is 4.14. The number of halogens is 2. The molecule has 1 aliphatic heterocycles. The smallest absolute Gasteiger partial charge is 0.147 e. The maximum atomic E-state index is 14.0. The van der Waals surface area contributed by atoms with Gasteiger partial charge in [0, 0.05) is 30.6 Å². The highest BCUT2D eigenvalue weighted by molar-refractivity contribution is 5.22. The number of aromatic nitrogens is 3. The Morgan fingerprint density at radius 2 is 2.00 bits per heavy atom. The molecule has 1 saturated carbocycles. The second-order valence-corrected chi connectivity index (χ2v) is 6.21. The number of fused-ring (bicyclic) bond motifs is 1. The topological polar surface area (TPSA) is 34.0 Å². The summed E-state index contributed by atoms with van der Waals surface area (Å²) in [5.74, 6) is 1.83. The number of benzene rings is 1. The summed E-state index contributed by atoms with van der Waals surface area (Å²) in [7, 11) is 0. The zero-order valence-electron chi connectivity index (χ0n) is 12.5. The van der Waals surface area contributed by atoms with E-state index in [0.29, 0.717) is 18.0 Å². The van der Waals surface area contributed by atoms with Crippen molar-refractivity contribution in [3.8, 4) is 0 Å². The van der Waals surface area contributed by atoms with Crippen molar-refractivity contribution in [2.24, 2.45) is 0 Å². The number of hydrogen-bond acceptors (Lipinski definition) is 3. The van der Waals surface area contributed by atoms with Crippen LogP contribution in [0.4, 0.5) is 8.78 Å². The molecular weight excluding hydrogens is 286 g/mol. The molecule has 0 bridgehead atoms. The van der Waals surface area contributed by atoms with Gasteiger partial charge < -0.3 is 4.57 Å². The van der Waals surface area contributed by atoms with E-state index in [0.717, 1.165) is 30.8 Å². The summed E-state index contributed by atoms with van der Waals surface area (Å²) in [4.78, 5) is 2.12. The molecule has 1 atom stereocenters. The molecule has 116 valence electrons. The molecule has 0 N–H and O–H groups in total. The van der Waals surface area contributed by atoms with E-state index < -0.39 is 5.82 Å². The minimum absolute atomic E-state index is 0.189. The lowest BCUT2D eigenvalue weighted by atomic mass is 10.1. The van der Waals surface area contributed by atoms with Crippen LogP contribution in [-0.4, -0.2) is 26.2 Å². The van der Waals surface area contributed by atoms with Crippen LogP contribution in [0.2, 0.25) is 0 Å². The minimum atomic E-state index is -0.403. The Morgan fingerprint density at radius 3 is 2.77 bits per heavy atom. The van der Waals surface area contributed by atoms with E-state index in [4.69, 9.17) is 0 Å². The maximum absolute atomic E-state index is 14.0. The summed E-state index contributed by atoms with van der Waals surface area (Å²) < 4.78 is 29.6. The quantitative estimate of drug-likeness (QED) is 0.874. The van der Waals surface area contributed by atoms with E-state index in [1.165, 1.54) is 25.0 Å². The van der Waals surface area contributed by atoms with Gasteiger partial charge in [-0.1, -0.05) is 0 Å². The van der Waals surface area contributed by atoms with Gasteiger partial charge >= 0.3 is 0 Å². The second kappa shape index (κ2) is 5.12. The standard InChI is InChI=1S/C16H18F2N4/c1-10(13-8-12(17)4-5-14(13)18)21-6-7-22-15(9-21)19-20-16(22)11-2-3-11/h4-5,8,10-11H,2-3,6-7,9H2,1H3. The highest BCUT2D eigenvalue weighted by Gasteiger charge is 2.33. The SMILES string of the molecule is CC(c1cc(F)ccc1F)N1CCn2c(nnc2C2CC2)C1. The first-order chi connectivity index (χ1) is 10.6. The summed E-state index contributed by atoms with van der Waals surface area (Å²) in [6.07, 6.45) is 2.40. The molecule has 2 aromatic rings. The Kier molecular flexibility index (Phi) is 3.22. The zero-order chi connectivity index (χ0) is 15.3. The number of rotatable bonds is 3. The van der Waals surface area contributed by atoms with Crippen LogP contribution in [0.15, 0.2) is 18.2 Å². The van der Waals surface area contributed by atoms with E-state index in [-0.39, 0.29) is 11.9 Å². The van der Waals surface area contributed by atoms with Crippen molar-refractivity contribution in [3.05, 3.63) is 47.0 Å². The first kappa shape index (κ1) is 13.8. The van der Waals surface area contributed by atoms with Gasteiger partial charge in [0.1, 0.15) is 23.3 Å². The molecule has 6 heteroatoms. The largest absolute Gasteiger partial charge is 0.312 e. The Hall–Kier alpha value is -1.82. The lowest BCUT2D eigenvalue weighted by Crippen LogP contribution is -2.36. The molecule has 0 amide bonds. The molecule has 1 fully saturated rings. The van der Waals surface area contributed by atoms with E-state index in [1.54, 1.807) is 0 Å². The second-order valence-electron chi connectivity index (χ2n) is 6.21. The lowest BCUT2D eigenvalue weighted by molar-refractivity contribution is 0.159. The van der Waals surface area contributed by atoms with Crippen LogP contribution in [-0.2, 0) is 13.1 Å². The van der Waals surface area contributed by atoms with Gasteiger partial charge in [0.15, 0.2) is 0 Å². The van der Waals surface area contributed by atoms with Crippen molar-refractivity contribution >= 4 is 0 Å². The lowest BCUT2D eigenvalue weighted by Gasteiger charge is -2.33.